The van der Waals surface area contributed by atoms with Crippen molar-refractivity contribution in [2.45, 2.75) is 0 Å². The van der Waals surface area contributed by atoms with Gasteiger partial charge in [0, 0.05) is 19.7 Å². The molecule has 1 N–H and O–H groups in total. The van der Waals surface area contributed by atoms with Crippen molar-refractivity contribution in [1.29, 1.82) is 0 Å². The van der Waals surface area contributed by atoms with E-state index in [2.05, 4.69) is 0 Å². The van der Waals surface area contributed by atoms with Crippen LogP contribution in [-0.4, -0.2) is 37.1 Å². The number of hydrogen-bond donors (Lipinski definition) is 1. The molecule has 0 saturated carbocycles. The first kappa shape index (κ1) is 15.6. The van der Waals surface area contributed by atoms with Crippen molar-refractivity contribution in [3.63, 3.8) is 0 Å². The normalized spacial score (nSPS) is 11.1. The van der Waals surface area contributed by atoms with Gasteiger partial charge in [0.25, 0.3) is 5.91 Å². The minimum absolute atomic E-state index is 0.0693. The van der Waals surface area contributed by atoms with Crippen molar-refractivity contribution in [2.75, 3.05) is 21.2 Å². The number of benzene rings is 2. The van der Waals surface area contributed by atoms with Crippen LogP contribution in [0.4, 0.5) is 0 Å². The molecule has 0 spiro atoms. The van der Waals surface area contributed by atoms with E-state index in [0.29, 0.717) is 11.3 Å². The highest BCUT2D eigenvalue weighted by molar-refractivity contribution is 6.24. The van der Waals surface area contributed by atoms with E-state index in [9.17, 15) is 9.90 Å². The van der Waals surface area contributed by atoms with Gasteiger partial charge < -0.3 is 14.7 Å². The Morgan fingerprint density at radius 3 is 2.41 bits per heavy atom. The van der Waals surface area contributed by atoms with Crippen LogP contribution >= 0.6 is 0 Å². The molecule has 4 heteroatoms. The molecule has 22 heavy (non-hydrogen) atoms. The van der Waals surface area contributed by atoms with Crippen LogP contribution in [0.25, 0.3) is 11.6 Å². The van der Waals surface area contributed by atoms with Gasteiger partial charge >= 0.3 is 0 Å². The van der Waals surface area contributed by atoms with Gasteiger partial charge in [0.1, 0.15) is 0 Å². The van der Waals surface area contributed by atoms with E-state index in [1.165, 1.54) is 12.0 Å². The number of aromatic hydroxyl groups is 1. The third-order valence-corrected chi connectivity index (χ3v) is 3.24. The largest absolute Gasteiger partial charge is 0.504 e. The van der Waals surface area contributed by atoms with E-state index in [-0.39, 0.29) is 11.7 Å². The van der Waals surface area contributed by atoms with Crippen LogP contribution in [0.2, 0.25) is 0 Å². The first-order chi connectivity index (χ1) is 10.5. The van der Waals surface area contributed by atoms with Gasteiger partial charge in [-0.25, -0.2) is 0 Å². The van der Waals surface area contributed by atoms with Crippen molar-refractivity contribution in [3.8, 4) is 11.5 Å². The zero-order valence-electron chi connectivity index (χ0n) is 12.9. The zero-order valence-corrected chi connectivity index (χ0v) is 12.9. The molecule has 0 heterocycles. The lowest BCUT2D eigenvalue weighted by Crippen LogP contribution is -2.22. The van der Waals surface area contributed by atoms with E-state index in [1.54, 1.807) is 38.4 Å². The molecule has 0 saturated heterocycles. The number of likely N-dealkylation sites (N-methyl/N-ethyl adjacent to an activating group) is 1. The Balaban J connectivity index is 2.51. The van der Waals surface area contributed by atoms with Crippen molar-refractivity contribution in [3.05, 3.63) is 59.7 Å². The first-order valence-electron chi connectivity index (χ1n) is 6.88. The molecule has 0 aliphatic rings. The molecule has 0 aliphatic heterocycles. The maximum absolute atomic E-state index is 12.4. The van der Waals surface area contributed by atoms with Gasteiger partial charge in [-0.3, -0.25) is 4.79 Å². The molecule has 0 fully saturated rings. The molecular formula is C18H19NO3. The molecule has 0 unspecified atom stereocenters. The lowest BCUT2D eigenvalue weighted by molar-refractivity contribution is -0.122. The van der Waals surface area contributed by atoms with Crippen molar-refractivity contribution >= 4 is 17.6 Å². The summed E-state index contributed by atoms with van der Waals surface area (Å²) < 4.78 is 5.11. The van der Waals surface area contributed by atoms with E-state index in [0.717, 1.165) is 11.1 Å². The van der Waals surface area contributed by atoms with Gasteiger partial charge in [0.15, 0.2) is 11.5 Å². The number of ether oxygens (including phenoxy) is 1. The second-order valence-corrected chi connectivity index (χ2v) is 5.05. The summed E-state index contributed by atoms with van der Waals surface area (Å²) in [5, 5.41) is 9.66. The molecule has 0 bridgehead atoms. The Bertz CT molecular complexity index is 691. The summed E-state index contributed by atoms with van der Waals surface area (Å²) in [4.78, 5) is 14.0. The molecule has 4 nitrogen and oxygen atoms in total. The Morgan fingerprint density at radius 1 is 1.14 bits per heavy atom. The summed E-state index contributed by atoms with van der Waals surface area (Å²) >= 11 is 0. The van der Waals surface area contributed by atoms with Crippen LogP contribution in [0.5, 0.6) is 11.5 Å². The van der Waals surface area contributed by atoms with Crippen molar-refractivity contribution < 1.29 is 14.6 Å². The summed E-state index contributed by atoms with van der Waals surface area (Å²) in [7, 11) is 4.93. The summed E-state index contributed by atoms with van der Waals surface area (Å²) in [5.41, 5.74) is 2.20. The molecule has 0 aromatic heterocycles. The van der Waals surface area contributed by atoms with Crippen LogP contribution in [0, 0.1) is 0 Å². The molecular weight excluding hydrogens is 278 g/mol. The number of nitrogens with zero attached hydrogens (tertiary/aromatic N) is 1. The molecule has 114 valence electrons. The average molecular weight is 297 g/mol. The number of rotatable bonds is 4. The van der Waals surface area contributed by atoms with Crippen LogP contribution in [0.3, 0.4) is 0 Å². The van der Waals surface area contributed by atoms with Crippen LogP contribution in [-0.2, 0) is 4.79 Å². The fraction of sp³-hybridized carbons (Fsp3) is 0.167. The minimum atomic E-state index is -0.0850. The van der Waals surface area contributed by atoms with Gasteiger partial charge in [-0.15, -0.1) is 0 Å². The second kappa shape index (κ2) is 6.80. The first-order valence-corrected chi connectivity index (χ1v) is 6.88. The number of phenolic OH excluding ortho intramolecular Hbond substituents is 1. The number of phenols is 1. The molecule has 2 aromatic carbocycles. The van der Waals surface area contributed by atoms with Gasteiger partial charge in [-0.1, -0.05) is 36.4 Å². The summed E-state index contributed by atoms with van der Waals surface area (Å²) in [6, 6.07) is 14.5. The molecule has 1 amide bonds. The number of carbonyl (C=O) groups excluding carboxylic acids is 1. The Morgan fingerprint density at radius 2 is 1.82 bits per heavy atom. The van der Waals surface area contributed by atoms with E-state index in [1.807, 2.05) is 30.3 Å². The topological polar surface area (TPSA) is 49.8 Å². The highest BCUT2D eigenvalue weighted by Gasteiger charge is 2.14. The Labute approximate surface area is 130 Å². The minimum Gasteiger partial charge on any atom is -0.504 e. The van der Waals surface area contributed by atoms with E-state index >= 15 is 0 Å². The predicted octanol–water partition coefficient (Wildman–Crippen LogP) is 3.03. The van der Waals surface area contributed by atoms with Gasteiger partial charge in [-0.2, -0.15) is 0 Å². The summed E-state index contributed by atoms with van der Waals surface area (Å²) in [6.45, 7) is 0. The smallest absolute Gasteiger partial charge is 0.253 e. The maximum atomic E-state index is 12.4. The Hall–Kier alpha value is -2.75. The third kappa shape index (κ3) is 3.47. The maximum Gasteiger partial charge on any atom is 0.253 e. The number of methoxy groups -OCH3 is 1. The van der Waals surface area contributed by atoms with Crippen LogP contribution in [0.1, 0.15) is 11.1 Å². The predicted molar refractivity (Wildman–Crippen MR) is 87.7 cm³/mol. The highest BCUT2D eigenvalue weighted by Crippen LogP contribution is 2.28. The number of hydrogen-bond acceptors (Lipinski definition) is 3. The van der Waals surface area contributed by atoms with Crippen LogP contribution in [0.15, 0.2) is 48.5 Å². The molecule has 0 aliphatic carbocycles. The SMILES string of the molecule is COc1cc(C=C(C(=O)N(C)C)c2ccccc2)ccc1O. The lowest BCUT2D eigenvalue weighted by atomic mass is 10.0. The van der Waals surface area contributed by atoms with Gasteiger partial charge in [0.05, 0.1) is 7.11 Å². The fourth-order valence-electron chi connectivity index (χ4n) is 2.08. The molecule has 2 aromatic rings. The fourth-order valence-corrected chi connectivity index (χ4v) is 2.08. The second-order valence-electron chi connectivity index (χ2n) is 5.05. The monoisotopic (exact) mass is 297 g/mol. The lowest BCUT2D eigenvalue weighted by Gasteiger charge is -2.14. The van der Waals surface area contributed by atoms with Gasteiger partial charge in [-0.05, 0) is 29.3 Å². The third-order valence-electron chi connectivity index (χ3n) is 3.24. The Kier molecular flexibility index (Phi) is 4.84. The van der Waals surface area contributed by atoms with E-state index < -0.39 is 0 Å². The van der Waals surface area contributed by atoms with Crippen molar-refractivity contribution in [1.82, 2.24) is 4.90 Å². The summed E-state index contributed by atoms with van der Waals surface area (Å²) in [5.74, 6) is 0.358. The standard InChI is InChI=1S/C18H19NO3/c1-19(2)18(21)15(14-7-5-4-6-8-14)11-13-9-10-16(20)17(12-13)22-3/h4-12,20H,1-3H3. The molecule has 2 rings (SSSR count). The summed E-state index contributed by atoms with van der Waals surface area (Å²) in [6.07, 6.45) is 1.79. The number of amides is 1. The molecule has 0 radical (unpaired) electrons. The molecule has 0 atom stereocenters. The van der Waals surface area contributed by atoms with E-state index in [4.69, 9.17) is 4.74 Å². The van der Waals surface area contributed by atoms with Crippen LogP contribution < -0.4 is 4.74 Å². The quantitative estimate of drug-likeness (QED) is 0.697. The average Bonchev–Trinajstić information content (AvgIpc) is 2.54. The van der Waals surface area contributed by atoms with Crippen molar-refractivity contribution in [2.24, 2.45) is 0 Å². The van der Waals surface area contributed by atoms with Gasteiger partial charge in [0.2, 0.25) is 0 Å². The highest BCUT2D eigenvalue weighted by atomic mass is 16.5. The zero-order chi connectivity index (χ0) is 16.1. The number of carbonyl (C=O) groups is 1.